The fraction of sp³-hybridized carbons (Fsp3) is 0.565. The van der Waals surface area contributed by atoms with Crippen LogP contribution in [0.3, 0.4) is 0 Å². The highest BCUT2D eigenvalue weighted by Crippen LogP contribution is 2.22. The second kappa shape index (κ2) is 12.1. The summed E-state index contributed by atoms with van der Waals surface area (Å²) in [5.74, 6) is 1.23. The van der Waals surface area contributed by atoms with Crippen molar-refractivity contribution in [2.75, 3.05) is 51.3 Å². The van der Waals surface area contributed by atoms with E-state index in [-0.39, 0.29) is 0 Å². The van der Waals surface area contributed by atoms with Gasteiger partial charge < -0.3 is 19.3 Å². The molecule has 33 heavy (non-hydrogen) atoms. The van der Waals surface area contributed by atoms with Crippen molar-refractivity contribution in [1.29, 1.82) is 0 Å². The van der Waals surface area contributed by atoms with Crippen LogP contribution in [0.15, 0.2) is 29.3 Å². The van der Waals surface area contributed by atoms with Crippen LogP contribution >= 0.6 is 0 Å². The van der Waals surface area contributed by atoms with Crippen molar-refractivity contribution in [2.45, 2.75) is 39.0 Å². The molecule has 0 unspecified atom stereocenters. The van der Waals surface area contributed by atoms with Crippen molar-refractivity contribution < 1.29 is 23.9 Å². The van der Waals surface area contributed by atoms with Gasteiger partial charge in [-0.15, -0.1) is 0 Å². The van der Waals surface area contributed by atoms with E-state index >= 15 is 0 Å². The summed E-state index contributed by atoms with van der Waals surface area (Å²) in [4.78, 5) is 47.5. The first-order valence-corrected chi connectivity index (χ1v) is 11.5. The van der Waals surface area contributed by atoms with Gasteiger partial charge in [0.2, 0.25) is 0 Å². The molecule has 180 valence electrons. The molecule has 0 atom stereocenters. The van der Waals surface area contributed by atoms with Gasteiger partial charge >= 0.3 is 18.2 Å². The van der Waals surface area contributed by atoms with E-state index in [0.29, 0.717) is 63.0 Å². The van der Waals surface area contributed by atoms with E-state index in [9.17, 15) is 14.4 Å². The minimum absolute atomic E-state index is 0.299. The summed E-state index contributed by atoms with van der Waals surface area (Å²) in [6.07, 6.45) is 4.46. The highest BCUT2D eigenvalue weighted by Gasteiger charge is 2.32. The van der Waals surface area contributed by atoms with Gasteiger partial charge in [0.05, 0.1) is 19.4 Å². The van der Waals surface area contributed by atoms with Crippen molar-refractivity contribution in [3.63, 3.8) is 0 Å². The molecule has 3 rings (SSSR count). The smallest absolute Gasteiger partial charge is 0.409 e. The number of hydrogen-bond donors (Lipinski definition) is 1. The maximum atomic E-state index is 13.4. The third-order valence-corrected chi connectivity index (χ3v) is 5.68. The number of methoxy groups -OCH3 is 1. The molecule has 1 N–H and O–H groups in total. The van der Waals surface area contributed by atoms with Gasteiger partial charge in [-0.1, -0.05) is 12.8 Å². The summed E-state index contributed by atoms with van der Waals surface area (Å²) in [6, 6.07) is 5.75. The molecule has 5 amide bonds. The van der Waals surface area contributed by atoms with Crippen LogP contribution in [0, 0.1) is 0 Å². The Labute approximate surface area is 194 Å². The van der Waals surface area contributed by atoms with Gasteiger partial charge in [0.25, 0.3) is 0 Å². The minimum atomic E-state index is -0.544. The Morgan fingerprint density at radius 3 is 2.33 bits per heavy atom. The van der Waals surface area contributed by atoms with Gasteiger partial charge in [-0.05, 0) is 44.0 Å². The number of amides is 5. The predicted octanol–water partition coefficient (Wildman–Crippen LogP) is 3.47. The number of benzene rings is 1. The number of carbonyl (C=O) groups is 3. The SMILES string of the molecule is CCOC(=O)N1CCN(C(=O)N(C(=O)NC2=NCCCCCC2)c2ccc(OC)cc2)CC1. The zero-order valence-electron chi connectivity index (χ0n) is 19.4. The van der Waals surface area contributed by atoms with Crippen LogP contribution in [0.5, 0.6) is 5.75 Å². The number of aliphatic imine (C=N–C) groups is 1. The first kappa shape index (κ1) is 24.3. The lowest BCUT2D eigenvalue weighted by Crippen LogP contribution is -2.57. The number of nitrogens with zero attached hydrogens (tertiary/aromatic N) is 4. The highest BCUT2D eigenvalue weighted by molar-refractivity contribution is 6.17. The maximum Gasteiger partial charge on any atom is 0.409 e. The van der Waals surface area contributed by atoms with Crippen LogP contribution < -0.4 is 15.0 Å². The number of anilines is 1. The van der Waals surface area contributed by atoms with Gasteiger partial charge in [-0.25, -0.2) is 19.3 Å². The predicted molar refractivity (Wildman–Crippen MR) is 125 cm³/mol. The molecule has 1 saturated heterocycles. The molecule has 0 bridgehead atoms. The second-order valence-electron chi connectivity index (χ2n) is 7.91. The van der Waals surface area contributed by atoms with Gasteiger partial charge in [0, 0.05) is 39.1 Å². The molecule has 10 nitrogen and oxygen atoms in total. The molecular formula is C23H33N5O5. The Balaban J connectivity index is 1.75. The topological polar surface area (TPSA) is 104 Å². The Kier molecular flexibility index (Phi) is 8.91. The molecule has 2 heterocycles. The van der Waals surface area contributed by atoms with E-state index in [1.807, 2.05) is 0 Å². The monoisotopic (exact) mass is 459 g/mol. The van der Waals surface area contributed by atoms with E-state index in [2.05, 4.69) is 10.3 Å². The molecule has 0 spiro atoms. The van der Waals surface area contributed by atoms with Gasteiger partial charge in [-0.2, -0.15) is 0 Å². The second-order valence-corrected chi connectivity index (χ2v) is 7.91. The van der Waals surface area contributed by atoms with Crippen LogP contribution in [0.25, 0.3) is 0 Å². The summed E-state index contributed by atoms with van der Waals surface area (Å²) < 4.78 is 10.2. The van der Waals surface area contributed by atoms with Crippen molar-refractivity contribution >= 4 is 29.7 Å². The van der Waals surface area contributed by atoms with Crippen LogP contribution in [-0.2, 0) is 4.74 Å². The molecule has 0 aliphatic carbocycles. The zero-order valence-corrected chi connectivity index (χ0v) is 19.4. The Bertz CT molecular complexity index is 849. The number of hydrogen-bond acceptors (Lipinski definition) is 6. The van der Waals surface area contributed by atoms with Crippen molar-refractivity contribution in [1.82, 2.24) is 15.1 Å². The summed E-state index contributed by atoms with van der Waals surface area (Å²) in [6.45, 7) is 4.01. The molecule has 2 aliphatic rings. The molecule has 2 aliphatic heterocycles. The number of carbonyl (C=O) groups excluding carboxylic acids is 3. The van der Waals surface area contributed by atoms with Gasteiger partial charge in [0.1, 0.15) is 11.6 Å². The van der Waals surface area contributed by atoms with Gasteiger partial charge in [0.15, 0.2) is 0 Å². The average Bonchev–Trinajstić information content (AvgIpc) is 2.81. The molecule has 0 saturated carbocycles. The molecule has 0 radical (unpaired) electrons. The Hall–Kier alpha value is -3.30. The minimum Gasteiger partial charge on any atom is -0.497 e. The van der Waals surface area contributed by atoms with Crippen LogP contribution in [0.4, 0.5) is 20.1 Å². The molecule has 1 aromatic rings. The molecule has 1 aromatic carbocycles. The summed E-state index contributed by atoms with van der Waals surface area (Å²) in [5.41, 5.74) is 0.428. The third-order valence-electron chi connectivity index (χ3n) is 5.68. The number of amidine groups is 1. The number of rotatable bonds is 3. The normalized spacial score (nSPS) is 16.7. The lowest BCUT2D eigenvalue weighted by molar-refractivity contribution is 0.0862. The number of urea groups is 2. The van der Waals surface area contributed by atoms with E-state index in [1.165, 1.54) is 0 Å². The van der Waals surface area contributed by atoms with Gasteiger partial charge in [-0.3, -0.25) is 10.3 Å². The first-order chi connectivity index (χ1) is 16.0. The maximum absolute atomic E-state index is 13.4. The summed E-state index contributed by atoms with van der Waals surface area (Å²) >= 11 is 0. The fourth-order valence-electron chi connectivity index (χ4n) is 3.81. The number of nitrogens with one attached hydrogen (secondary N) is 1. The van der Waals surface area contributed by atoms with E-state index in [0.717, 1.165) is 30.6 Å². The molecule has 10 heteroatoms. The van der Waals surface area contributed by atoms with E-state index in [4.69, 9.17) is 9.47 Å². The van der Waals surface area contributed by atoms with E-state index in [1.54, 1.807) is 48.1 Å². The first-order valence-electron chi connectivity index (χ1n) is 11.5. The molecule has 0 aromatic heterocycles. The lowest BCUT2D eigenvalue weighted by Gasteiger charge is -2.36. The van der Waals surface area contributed by atoms with E-state index < -0.39 is 18.2 Å². The third kappa shape index (κ3) is 6.59. The quantitative estimate of drug-likeness (QED) is 0.745. The number of piperazine rings is 1. The molecular weight excluding hydrogens is 426 g/mol. The average molecular weight is 460 g/mol. The van der Waals surface area contributed by atoms with Crippen LogP contribution in [-0.4, -0.2) is 80.2 Å². The van der Waals surface area contributed by atoms with Crippen molar-refractivity contribution in [2.24, 2.45) is 4.99 Å². The lowest BCUT2D eigenvalue weighted by atomic mass is 10.1. The van der Waals surface area contributed by atoms with Crippen molar-refractivity contribution in [3.8, 4) is 5.75 Å². The standard InChI is InChI=1S/C23H33N5O5/c1-3-33-23(31)27-16-14-26(15-17-27)22(30)28(18-9-11-19(32-2)12-10-18)21(29)25-20-8-6-4-5-7-13-24-20/h9-12H,3-8,13-17H2,1-2H3,(H,24,25,29). The zero-order chi connectivity index (χ0) is 23.6. The number of imide groups is 1. The Morgan fingerprint density at radius 2 is 1.67 bits per heavy atom. The summed E-state index contributed by atoms with van der Waals surface area (Å²) in [7, 11) is 1.56. The van der Waals surface area contributed by atoms with Crippen LogP contribution in [0.1, 0.15) is 39.0 Å². The number of ether oxygens (including phenoxy) is 2. The fourth-order valence-corrected chi connectivity index (χ4v) is 3.81. The van der Waals surface area contributed by atoms with Crippen molar-refractivity contribution in [3.05, 3.63) is 24.3 Å². The largest absolute Gasteiger partial charge is 0.497 e. The molecule has 1 fully saturated rings. The highest BCUT2D eigenvalue weighted by atomic mass is 16.6. The van der Waals surface area contributed by atoms with Crippen LogP contribution in [0.2, 0.25) is 0 Å². The Morgan fingerprint density at radius 1 is 1.00 bits per heavy atom. The summed E-state index contributed by atoms with van der Waals surface area (Å²) in [5, 5.41) is 2.85.